The van der Waals surface area contributed by atoms with Gasteiger partial charge in [-0.15, -0.1) is 0 Å². The summed E-state index contributed by atoms with van der Waals surface area (Å²) in [6.45, 7) is 13.3. The van der Waals surface area contributed by atoms with E-state index in [0.717, 1.165) is 24.1 Å². The highest BCUT2D eigenvalue weighted by atomic mass is 14.7. The molecule has 0 radical (unpaired) electrons. The number of rotatable bonds is 5. The van der Waals surface area contributed by atoms with Gasteiger partial charge in [-0.2, -0.15) is 0 Å². The third-order valence-electron chi connectivity index (χ3n) is 5.37. The molecule has 134 valence electrons. The first-order valence-corrected chi connectivity index (χ1v) is 9.38. The van der Waals surface area contributed by atoms with Crippen LogP contribution in [-0.4, -0.2) is 4.98 Å². The fourth-order valence-electron chi connectivity index (χ4n) is 4.26. The third-order valence-corrected chi connectivity index (χ3v) is 5.37. The Kier molecular flexibility index (Phi) is 5.00. The molecule has 0 amide bonds. The predicted octanol–water partition coefficient (Wildman–Crippen LogP) is 6.41. The number of fused-ring (bicyclic) bond motifs is 1. The molecule has 0 fully saturated rings. The number of nitrogens with zero attached hydrogens (tertiary/aromatic N) is 1. The summed E-state index contributed by atoms with van der Waals surface area (Å²) in [6, 6.07) is 12.8. The molecule has 0 saturated heterocycles. The van der Waals surface area contributed by atoms with Crippen molar-refractivity contribution in [2.75, 3.05) is 0 Å². The number of hydrogen-bond acceptors (Lipinski definition) is 1. The Bertz CT molecular complexity index is 851. The Labute approximate surface area is 158 Å². The molecule has 1 aliphatic carbocycles. The molecule has 26 heavy (non-hydrogen) atoms. The first kappa shape index (κ1) is 18.4. The van der Waals surface area contributed by atoms with Gasteiger partial charge in [-0.3, -0.25) is 4.98 Å². The lowest BCUT2D eigenvalue weighted by Crippen LogP contribution is -2.17. The number of benzene rings is 1. The highest BCUT2D eigenvalue weighted by Gasteiger charge is 2.42. The molecule has 0 atom stereocenters. The molecule has 1 aliphatic rings. The normalized spacial score (nSPS) is 18.1. The van der Waals surface area contributed by atoms with Gasteiger partial charge in [-0.1, -0.05) is 88.9 Å². The minimum atomic E-state index is 0.186. The molecule has 1 heterocycles. The van der Waals surface area contributed by atoms with Crippen molar-refractivity contribution in [3.63, 3.8) is 0 Å². The molecule has 0 unspecified atom stereocenters. The Morgan fingerprint density at radius 3 is 2.46 bits per heavy atom. The second-order valence-electron chi connectivity index (χ2n) is 8.50. The van der Waals surface area contributed by atoms with Crippen LogP contribution in [0.25, 0.3) is 5.57 Å². The van der Waals surface area contributed by atoms with E-state index in [0.29, 0.717) is 0 Å². The highest BCUT2D eigenvalue weighted by molar-refractivity contribution is 5.73. The monoisotopic (exact) mass is 343 g/mol. The summed E-state index contributed by atoms with van der Waals surface area (Å²) in [4.78, 5) is 4.75. The summed E-state index contributed by atoms with van der Waals surface area (Å²) < 4.78 is 0. The maximum absolute atomic E-state index is 4.75. The summed E-state index contributed by atoms with van der Waals surface area (Å²) in [5.74, 6) is 0. The quantitative estimate of drug-likeness (QED) is 0.572. The average Bonchev–Trinajstić information content (AvgIpc) is 2.80. The zero-order chi connectivity index (χ0) is 18.8. The Balaban J connectivity index is 1.84. The highest BCUT2D eigenvalue weighted by Crippen LogP contribution is 2.49. The van der Waals surface area contributed by atoms with Crippen LogP contribution in [0.5, 0.6) is 0 Å². The lowest BCUT2D eigenvalue weighted by molar-refractivity contribution is 0.403. The van der Waals surface area contributed by atoms with E-state index in [4.69, 9.17) is 4.98 Å². The topological polar surface area (TPSA) is 12.9 Å². The van der Waals surface area contributed by atoms with E-state index in [1.165, 1.54) is 16.7 Å². The maximum atomic E-state index is 4.75. The summed E-state index contributed by atoms with van der Waals surface area (Å²) in [5.41, 5.74) is 6.58. The summed E-state index contributed by atoms with van der Waals surface area (Å²) in [5, 5.41) is 0. The van der Waals surface area contributed by atoms with E-state index < -0.39 is 0 Å². The minimum absolute atomic E-state index is 0.186. The van der Waals surface area contributed by atoms with Gasteiger partial charge in [-0.05, 0) is 52.0 Å². The van der Waals surface area contributed by atoms with Crippen LogP contribution in [0.2, 0.25) is 0 Å². The van der Waals surface area contributed by atoms with E-state index in [-0.39, 0.29) is 10.8 Å². The van der Waals surface area contributed by atoms with Gasteiger partial charge in [0.2, 0.25) is 0 Å². The number of hydrogen-bond donors (Lipinski definition) is 0. The van der Waals surface area contributed by atoms with Gasteiger partial charge < -0.3 is 0 Å². The molecule has 0 N–H and O–H groups in total. The molecule has 0 spiro atoms. The van der Waals surface area contributed by atoms with Gasteiger partial charge in [0.15, 0.2) is 0 Å². The lowest BCUT2D eigenvalue weighted by Gasteiger charge is -2.22. The fourth-order valence-corrected chi connectivity index (χ4v) is 4.26. The molecule has 1 heteroatoms. The van der Waals surface area contributed by atoms with E-state index in [9.17, 15) is 0 Å². The van der Waals surface area contributed by atoms with Crippen LogP contribution in [-0.2, 0) is 17.3 Å². The second-order valence-corrected chi connectivity index (χ2v) is 8.50. The van der Waals surface area contributed by atoms with Crippen LogP contribution < -0.4 is 0 Å². The molecule has 1 aromatic heterocycles. The van der Waals surface area contributed by atoms with Crippen molar-refractivity contribution in [3.8, 4) is 0 Å². The lowest BCUT2D eigenvalue weighted by atomic mass is 9.82. The summed E-state index contributed by atoms with van der Waals surface area (Å²) in [7, 11) is 0. The van der Waals surface area contributed by atoms with E-state index in [1.54, 1.807) is 0 Å². The van der Waals surface area contributed by atoms with Gasteiger partial charge in [0.1, 0.15) is 0 Å². The molecular formula is C25H29N. The van der Waals surface area contributed by atoms with Gasteiger partial charge in [0, 0.05) is 6.20 Å². The zero-order valence-electron chi connectivity index (χ0n) is 16.4. The van der Waals surface area contributed by atoms with E-state index in [1.807, 2.05) is 12.1 Å². The molecule has 2 aromatic rings. The second kappa shape index (κ2) is 7.07. The van der Waals surface area contributed by atoms with Crippen molar-refractivity contribution in [3.05, 3.63) is 95.9 Å². The molecule has 0 aliphatic heterocycles. The van der Waals surface area contributed by atoms with E-state index in [2.05, 4.69) is 89.0 Å². The first-order chi connectivity index (χ1) is 12.3. The van der Waals surface area contributed by atoms with Gasteiger partial charge in [-0.25, -0.2) is 0 Å². The summed E-state index contributed by atoms with van der Waals surface area (Å²) in [6.07, 6.45) is 12.5. The SMILES string of the molecule is C=C/C(=C\C=C/Cc1ccccc1)c1cc2c(cn1)C(C)(C)CC2(C)C. The van der Waals surface area contributed by atoms with Gasteiger partial charge in [0.05, 0.1) is 5.69 Å². The largest absolute Gasteiger partial charge is 0.256 e. The molecule has 0 bridgehead atoms. The molecule has 1 nitrogen and oxygen atoms in total. The van der Waals surface area contributed by atoms with Crippen LogP contribution in [0.1, 0.15) is 56.5 Å². The van der Waals surface area contributed by atoms with Crippen LogP contribution >= 0.6 is 0 Å². The zero-order valence-corrected chi connectivity index (χ0v) is 16.4. The fraction of sp³-hybridized carbons (Fsp3) is 0.320. The smallest absolute Gasteiger partial charge is 0.0704 e. The van der Waals surface area contributed by atoms with Crippen LogP contribution in [0, 0.1) is 0 Å². The molecule has 3 rings (SSSR count). The van der Waals surface area contributed by atoms with Gasteiger partial charge >= 0.3 is 0 Å². The van der Waals surface area contributed by atoms with E-state index >= 15 is 0 Å². The van der Waals surface area contributed by atoms with Crippen molar-refractivity contribution < 1.29 is 0 Å². The minimum Gasteiger partial charge on any atom is -0.256 e. The Morgan fingerprint density at radius 1 is 1.08 bits per heavy atom. The van der Waals surface area contributed by atoms with Crippen LogP contribution in [0.4, 0.5) is 0 Å². The Hall–Kier alpha value is -2.41. The average molecular weight is 344 g/mol. The van der Waals surface area contributed by atoms with Crippen LogP contribution in [0.3, 0.4) is 0 Å². The van der Waals surface area contributed by atoms with Crippen molar-refractivity contribution in [1.29, 1.82) is 0 Å². The molecular weight excluding hydrogens is 314 g/mol. The predicted molar refractivity (Wildman–Crippen MR) is 112 cm³/mol. The summed E-state index contributed by atoms with van der Waals surface area (Å²) >= 11 is 0. The van der Waals surface area contributed by atoms with Gasteiger partial charge in [0.25, 0.3) is 0 Å². The number of pyridine rings is 1. The Morgan fingerprint density at radius 2 is 1.77 bits per heavy atom. The standard InChI is InChI=1S/C25H29N/c1-6-20(15-11-10-14-19-12-8-7-9-13-19)23-16-21-22(17-26-23)25(4,5)18-24(21,2)3/h6-13,15-17H,1,14,18H2,2-5H3/b11-10-,20-15+. The van der Waals surface area contributed by atoms with Crippen molar-refractivity contribution in [2.24, 2.45) is 0 Å². The molecule has 0 saturated carbocycles. The van der Waals surface area contributed by atoms with Crippen LogP contribution in [0.15, 0.2) is 73.5 Å². The van der Waals surface area contributed by atoms with Crippen molar-refractivity contribution in [2.45, 2.75) is 51.4 Å². The third kappa shape index (κ3) is 3.72. The number of allylic oxidation sites excluding steroid dienone is 5. The first-order valence-electron chi connectivity index (χ1n) is 9.38. The maximum Gasteiger partial charge on any atom is 0.0704 e. The number of aromatic nitrogens is 1. The van der Waals surface area contributed by atoms with Crippen molar-refractivity contribution in [1.82, 2.24) is 4.98 Å². The molecule has 1 aromatic carbocycles. The van der Waals surface area contributed by atoms with Crippen molar-refractivity contribution >= 4 is 5.57 Å².